The van der Waals surface area contributed by atoms with Crippen molar-refractivity contribution in [2.45, 2.75) is 26.3 Å². The number of rotatable bonds is 5. The average molecular weight is 277 g/mol. The molecule has 6 nitrogen and oxygen atoms in total. The maximum atomic E-state index is 13.8. The lowest BCUT2D eigenvalue weighted by Crippen LogP contribution is -2.25. The summed E-state index contributed by atoms with van der Waals surface area (Å²) in [5.74, 6) is -0.0225. The largest absolute Gasteiger partial charge is 0.357 e. The number of aromatic nitrogens is 4. The van der Waals surface area contributed by atoms with Crippen LogP contribution >= 0.6 is 0 Å². The molecule has 2 aromatic heterocycles. The van der Waals surface area contributed by atoms with Crippen LogP contribution in [-0.4, -0.2) is 26.6 Å². The molecule has 2 heterocycles. The van der Waals surface area contributed by atoms with Gasteiger partial charge in [0.15, 0.2) is 0 Å². The van der Waals surface area contributed by atoms with E-state index in [1.165, 1.54) is 23.2 Å². The van der Waals surface area contributed by atoms with Gasteiger partial charge in [-0.2, -0.15) is 4.98 Å². The van der Waals surface area contributed by atoms with E-state index in [0.717, 1.165) is 0 Å². The van der Waals surface area contributed by atoms with Gasteiger partial charge in [-0.3, -0.25) is 9.55 Å². The summed E-state index contributed by atoms with van der Waals surface area (Å²) in [5, 5.41) is 2.69. The fourth-order valence-corrected chi connectivity index (χ4v) is 1.94. The van der Waals surface area contributed by atoms with Gasteiger partial charge in [0.05, 0.1) is 0 Å². The van der Waals surface area contributed by atoms with Crippen LogP contribution in [0.5, 0.6) is 0 Å². The minimum atomic E-state index is -0.410. The number of pyridine rings is 1. The van der Waals surface area contributed by atoms with E-state index < -0.39 is 5.69 Å². The molecule has 0 amide bonds. The second kappa shape index (κ2) is 6.23. The van der Waals surface area contributed by atoms with E-state index in [9.17, 15) is 9.18 Å². The van der Waals surface area contributed by atoms with E-state index in [4.69, 9.17) is 0 Å². The van der Waals surface area contributed by atoms with Gasteiger partial charge in [0.2, 0.25) is 5.95 Å². The number of aryl methyl sites for hydroxylation is 2. The molecule has 20 heavy (non-hydrogen) atoms. The maximum absolute atomic E-state index is 13.8. The molecular weight excluding hydrogens is 261 g/mol. The van der Waals surface area contributed by atoms with Crippen molar-refractivity contribution in [3.63, 3.8) is 0 Å². The van der Waals surface area contributed by atoms with Crippen LogP contribution in [0.3, 0.4) is 0 Å². The molecule has 0 aliphatic rings. The van der Waals surface area contributed by atoms with Gasteiger partial charge in [0, 0.05) is 31.0 Å². The Kier molecular flexibility index (Phi) is 4.39. The molecule has 0 aliphatic heterocycles. The normalized spacial score (nSPS) is 10.6. The number of halogens is 1. The Balaban J connectivity index is 2.19. The van der Waals surface area contributed by atoms with Crippen LogP contribution in [0.1, 0.15) is 18.2 Å². The molecule has 1 N–H and O–H groups in total. The lowest BCUT2D eigenvalue weighted by Gasteiger charge is -2.09. The Morgan fingerprint density at radius 2 is 2.20 bits per heavy atom. The van der Waals surface area contributed by atoms with Crippen LogP contribution in [0.25, 0.3) is 0 Å². The van der Waals surface area contributed by atoms with Crippen molar-refractivity contribution in [2.75, 3.05) is 12.4 Å². The third-order valence-corrected chi connectivity index (χ3v) is 3.02. The predicted octanol–water partition coefficient (Wildman–Crippen LogP) is 1.02. The highest BCUT2D eigenvalue weighted by molar-refractivity contribution is 5.22. The van der Waals surface area contributed by atoms with E-state index >= 15 is 0 Å². The first-order valence-electron chi connectivity index (χ1n) is 6.39. The zero-order valence-electron chi connectivity index (χ0n) is 11.4. The Bertz CT molecular complexity index is 655. The second-order valence-electron chi connectivity index (χ2n) is 4.23. The first-order valence-corrected chi connectivity index (χ1v) is 6.39. The van der Waals surface area contributed by atoms with Gasteiger partial charge in [0.25, 0.3) is 0 Å². The van der Waals surface area contributed by atoms with Gasteiger partial charge in [-0.15, -0.1) is 0 Å². The minimum Gasteiger partial charge on any atom is -0.357 e. The maximum Gasteiger partial charge on any atom is 0.352 e. The Morgan fingerprint density at radius 3 is 2.85 bits per heavy atom. The summed E-state index contributed by atoms with van der Waals surface area (Å²) in [6, 6.07) is 1.33. The van der Waals surface area contributed by atoms with Crippen molar-refractivity contribution < 1.29 is 4.39 Å². The molecule has 2 rings (SSSR count). The molecule has 0 aromatic carbocycles. The number of nitrogens with zero attached hydrogens (tertiary/aromatic N) is 4. The molecule has 0 saturated heterocycles. The smallest absolute Gasteiger partial charge is 0.352 e. The number of hydrogen-bond donors (Lipinski definition) is 1. The fourth-order valence-electron chi connectivity index (χ4n) is 1.94. The van der Waals surface area contributed by atoms with Crippen molar-refractivity contribution in [3.05, 3.63) is 46.1 Å². The van der Waals surface area contributed by atoms with Crippen molar-refractivity contribution in [1.82, 2.24) is 19.5 Å². The summed E-state index contributed by atoms with van der Waals surface area (Å²) in [6.45, 7) is 2.24. The Labute approximate surface area is 115 Å². The van der Waals surface area contributed by atoms with Gasteiger partial charge in [0.1, 0.15) is 12.1 Å². The van der Waals surface area contributed by atoms with Crippen molar-refractivity contribution in [2.24, 2.45) is 0 Å². The Hall–Kier alpha value is -2.31. The SMILES string of the molecule is CCc1nccc(F)c1CCn1cnc(NC)nc1=O. The van der Waals surface area contributed by atoms with E-state index in [0.29, 0.717) is 30.6 Å². The van der Waals surface area contributed by atoms with Crippen LogP contribution in [0.2, 0.25) is 0 Å². The van der Waals surface area contributed by atoms with Gasteiger partial charge < -0.3 is 5.32 Å². The summed E-state index contributed by atoms with van der Waals surface area (Å²) in [4.78, 5) is 23.6. The van der Waals surface area contributed by atoms with Gasteiger partial charge in [-0.1, -0.05) is 6.92 Å². The number of hydrogen-bond acceptors (Lipinski definition) is 5. The third-order valence-electron chi connectivity index (χ3n) is 3.02. The second-order valence-corrected chi connectivity index (χ2v) is 4.23. The van der Waals surface area contributed by atoms with Crippen molar-refractivity contribution in [3.8, 4) is 0 Å². The van der Waals surface area contributed by atoms with Crippen LogP contribution in [0.4, 0.5) is 10.3 Å². The zero-order valence-corrected chi connectivity index (χ0v) is 11.4. The quantitative estimate of drug-likeness (QED) is 0.883. The lowest BCUT2D eigenvalue weighted by atomic mass is 10.1. The molecule has 0 spiro atoms. The lowest BCUT2D eigenvalue weighted by molar-refractivity contribution is 0.572. The zero-order chi connectivity index (χ0) is 14.5. The van der Waals surface area contributed by atoms with Crippen LogP contribution in [0, 0.1) is 5.82 Å². The standard InChI is InChI=1S/C13H16FN5O/c1-3-11-9(10(14)4-6-16-11)5-7-19-8-17-12(15-2)18-13(19)20/h4,6,8H,3,5,7H2,1-2H3,(H,15,18,20). The van der Waals surface area contributed by atoms with E-state index in [2.05, 4.69) is 20.3 Å². The number of nitrogens with one attached hydrogen (secondary N) is 1. The first kappa shape index (κ1) is 14.1. The van der Waals surface area contributed by atoms with E-state index in [-0.39, 0.29) is 11.8 Å². The van der Waals surface area contributed by atoms with Gasteiger partial charge in [-0.05, 0) is 18.9 Å². The molecule has 7 heteroatoms. The molecule has 0 atom stereocenters. The van der Waals surface area contributed by atoms with Gasteiger partial charge >= 0.3 is 5.69 Å². The van der Waals surface area contributed by atoms with Crippen molar-refractivity contribution in [1.29, 1.82) is 0 Å². The highest BCUT2D eigenvalue weighted by Crippen LogP contribution is 2.12. The fraction of sp³-hybridized carbons (Fsp3) is 0.385. The molecule has 106 valence electrons. The van der Waals surface area contributed by atoms with Crippen LogP contribution in [-0.2, 0) is 19.4 Å². The summed E-state index contributed by atoms with van der Waals surface area (Å²) in [6.07, 6.45) is 3.89. The highest BCUT2D eigenvalue weighted by Gasteiger charge is 2.09. The molecule has 0 aliphatic carbocycles. The summed E-state index contributed by atoms with van der Waals surface area (Å²) < 4.78 is 15.1. The summed E-state index contributed by atoms with van der Waals surface area (Å²) in [7, 11) is 1.64. The topological polar surface area (TPSA) is 72.7 Å². The van der Waals surface area contributed by atoms with E-state index in [1.54, 1.807) is 7.05 Å². The first-order chi connectivity index (χ1) is 9.65. The highest BCUT2D eigenvalue weighted by atomic mass is 19.1. The molecule has 0 fully saturated rings. The minimum absolute atomic E-state index is 0.271. The monoisotopic (exact) mass is 277 g/mol. The molecular formula is C13H16FN5O. The Morgan fingerprint density at radius 1 is 1.40 bits per heavy atom. The molecule has 2 aromatic rings. The number of anilines is 1. The molecule has 0 unspecified atom stereocenters. The third kappa shape index (κ3) is 2.98. The average Bonchev–Trinajstić information content (AvgIpc) is 2.46. The molecule has 0 saturated carbocycles. The predicted molar refractivity (Wildman–Crippen MR) is 73.1 cm³/mol. The summed E-state index contributed by atoms with van der Waals surface area (Å²) in [5.41, 5.74) is 0.845. The summed E-state index contributed by atoms with van der Waals surface area (Å²) >= 11 is 0. The van der Waals surface area contributed by atoms with E-state index in [1.807, 2.05) is 6.92 Å². The molecule has 0 bridgehead atoms. The van der Waals surface area contributed by atoms with Crippen molar-refractivity contribution >= 4 is 5.95 Å². The van der Waals surface area contributed by atoms with Crippen LogP contribution < -0.4 is 11.0 Å². The van der Waals surface area contributed by atoms with Crippen LogP contribution in [0.15, 0.2) is 23.4 Å². The molecule has 0 radical (unpaired) electrons. The van der Waals surface area contributed by atoms with Gasteiger partial charge in [-0.25, -0.2) is 14.2 Å².